The van der Waals surface area contributed by atoms with E-state index in [1.54, 1.807) is 39.0 Å². The molecule has 2 aliphatic rings. The minimum Gasteiger partial charge on any atom is -0.444 e. The van der Waals surface area contributed by atoms with Crippen LogP contribution in [0.5, 0.6) is 0 Å². The van der Waals surface area contributed by atoms with Gasteiger partial charge in [0.25, 0.3) is 5.91 Å². The van der Waals surface area contributed by atoms with Crippen LogP contribution in [0.4, 0.5) is 25.0 Å². The van der Waals surface area contributed by atoms with Crippen LogP contribution < -0.4 is 16.4 Å². The Kier molecular flexibility index (Phi) is 9.77. The van der Waals surface area contributed by atoms with Gasteiger partial charge in [0.1, 0.15) is 41.0 Å². The van der Waals surface area contributed by atoms with E-state index in [0.717, 1.165) is 17.0 Å². The lowest BCUT2D eigenvalue weighted by Crippen LogP contribution is -2.57. The van der Waals surface area contributed by atoms with Crippen LogP contribution in [0.25, 0.3) is 0 Å². The number of para-hydroxylation sites is 1. The molecule has 3 atom stereocenters. The number of fused-ring (bicyclic) bond motifs is 1. The van der Waals surface area contributed by atoms with Crippen LogP contribution >= 0.6 is 0 Å². The number of hydrogen-bond donors (Lipinski definition) is 3. The molecular formula is C31H39F2N5O6. The Labute approximate surface area is 255 Å². The van der Waals surface area contributed by atoms with Crippen LogP contribution in [0.2, 0.25) is 0 Å². The maximum atomic E-state index is 14.5. The lowest BCUT2D eigenvalue weighted by molar-refractivity contribution is -0.144. The number of amides is 4. The normalized spacial score (nSPS) is 18.2. The fourth-order valence-corrected chi connectivity index (χ4v) is 5.30. The fraction of sp³-hybridized carbons (Fsp3) is 0.484. The topological polar surface area (TPSA) is 143 Å². The van der Waals surface area contributed by atoms with Gasteiger partial charge in [0.05, 0.1) is 0 Å². The number of anilines is 2. The van der Waals surface area contributed by atoms with Crippen molar-refractivity contribution in [2.75, 3.05) is 31.3 Å². The summed E-state index contributed by atoms with van der Waals surface area (Å²) in [5.41, 5.74) is 5.95. The number of ether oxygens (including phenoxy) is 2. The maximum absolute atomic E-state index is 14.5. The van der Waals surface area contributed by atoms with Crippen molar-refractivity contribution in [1.82, 2.24) is 15.1 Å². The molecule has 0 aliphatic carbocycles. The molecule has 4 amide bonds. The van der Waals surface area contributed by atoms with E-state index in [9.17, 15) is 28.0 Å². The molecule has 1 fully saturated rings. The van der Waals surface area contributed by atoms with Crippen LogP contribution in [0.3, 0.4) is 0 Å². The summed E-state index contributed by atoms with van der Waals surface area (Å²) in [6.07, 6.45) is 0.203. The number of carbonyl (C=O) groups excluding carboxylic acids is 4. The molecule has 2 aromatic rings. The first-order valence-corrected chi connectivity index (χ1v) is 14.5. The molecule has 2 unspecified atom stereocenters. The van der Waals surface area contributed by atoms with Crippen LogP contribution in [0, 0.1) is 17.6 Å². The van der Waals surface area contributed by atoms with Crippen LogP contribution in [-0.2, 0) is 30.4 Å². The van der Waals surface area contributed by atoms with Gasteiger partial charge >= 0.3 is 6.09 Å². The van der Waals surface area contributed by atoms with Crippen LogP contribution in [0.15, 0.2) is 36.4 Å². The lowest BCUT2D eigenvalue weighted by atomic mass is 9.90. The first-order chi connectivity index (χ1) is 20.7. The van der Waals surface area contributed by atoms with Gasteiger partial charge in [0.2, 0.25) is 11.8 Å². The largest absolute Gasteiger partial charge is 0.444 e. The average molecular weight is 616 g/mol. The molecule has 0 saturated carbocycles. The highest BCUT2D eigenvalue weighted by molar-refractivity contribution is 6.00. The number of benzene rings is 2. The third kappa shape index (κ3) is 7.26. The van der Waals surface area contributed by atoms with Crippen LogP contribution in [-0.4, -0.2) is 71.6 Å². The minimum absolute atomic E-state index is 0.00472. The van der Waals surface area contributed by atoms with Crippen molar-refractivity contribution in [2.45, 2.75) is 70.8 Å². The van der Waals surface area contributed by atoms with E-state index < -0.39 is 64.9 Å². The van der Waals surface area contributed by atoms with Crippen molar-refractivity contribution in [2.24, 2.45) is 5.92 Å². The predicted octanol–water partition coefficient (Wildman–Crippen LogP) is 3.74. The third-order valence-corrected chi connectivity index (χ3v) is 7.80. The van der Waals surface area contributed by atoms with Crippen molar-refractivity contribution in [3.63, 3.8) is 0 Å². The average Bonchev–Trinajstić information content (AvgIpc) is 3.34. The zero-order valence-corrected chi connectivity index (χ0v) is 25.5. The van der Waals surface area contributed by atoms with E-state index in [1.165, 1.54) is 24.9 Å². The van der Waals surface area contributed by atoms with Gasteiger partial charge in [-0.25, -0.2) is 13.6 Å². The zero-order chi connectivity index (χ0) is 32.3. The Hall–Kier alpha value is -4.26. The monoisotopic (exact) mass is 615 g/mol. The highest BCUT2D eigenvalue weighted by Crippen LogP contribution is 2.38. The molecular weight excluding hydrogens is 576 g/mol. The number of likely N-dealkylation sites (N-methyl/N-ethyl adjacent to an activating group) is 1. The summed E-state index contributed by atoms with van der Waals surface area (Å²) in [5.74, 6) is -4.31. The molecule has 238 valence electrons. The molecule has 2 heterocycles. The van der Waals surface area contributed by atoms with E-state index in [0.29, 0.717) is 42.9 Å². The van der Waals surface area contributed by atoms with E-state index in [-0.39, 0.29) is 12.5 Å². The number of nitrogen functional groups attached to an aromatic ring is 1. The van der Waals surface area contributed by atoms with E-state index in [2.05, 4.69) is 10.6 Å². The SMILES string of the molecule is C[C@@H](C(=O)NC(C(=O)N1Cc2ccc(N)cc2C1C(=O)Nc1c(F)cccc1F)C1CCOCC1)N(C)C(=O)OC(C)(C)C. The molecule has 1 saturated heterocycles. The highest BCUT2D eigenvalue weighted by atomic mass is 19.1. The molecule has 11 nitrogen and oxygen atoms in total. The number of nitrogens with two attached hydrogens (primary N) is 1. The molecule has 2 aliphatic heterocycles. The third-order valence-electron chi connectivity index (χ3n) is 7.80. The van der Waals surface area contributed by atoms with Crippen molar-refractivity contribution in [3.8, 4) is 0 Å². The van der Waals surface area contributed by atoms with Gasteiger partial charge in [0.15, 0.2) is 0 Å². The standard InChI is InChI=1S/C31H39F2N5O6/c1-17(37(5)30(42)44-31(2,3)4)27(39)35-24(18-11-13-43-14-12-18)29(41)38-16-19-9-10-20(34)15-21(19)26(38)28(40)36-25-22(32)7-6-8-23(25)33/h6-10,15,17-18,24,26H,11-14,16,34H2,1-5H3,(H,35,39)(H,36,40)/t17-,24?,26?/m0/s1. The lowest BCUT2D eigenvalue weighted by Gasteiger charge is -2.36. The van der Waals surface area contributed by atoms with Gasteiger partial charge in [-0.3, -0.25) is 19.3 Å². The summed E-state index contributed by atoms with van der Waals surface area (Å²) in [6, 6.07) is 4.66. The first-order valence-electron chi connectivity index (χ1n) is 14.5. The van der Waals surface area contributed by atoms with Gasteiger partial charge in [-0.05, 0) is 81.8 Å². The Bertz CT molecular complexity index is 1400. The summed E-state index contributed by atoms with van der Waals surface area (Å²) in [7, 11) is 1.42. The van der Waals surface area contributed by atoms with Crippen molar-refractivity contribution in [3.05, 3.63) is 59.2 Å². The van der Waals surface area contributed by atoms with Crippen molar-refractivity contribution in [1.29, 1.82) is 0 Å². The molecule has 13 heteroatoms. The van der Waals surface area contributed by atoms with Gasteiger partial charge in [-0.1, -0.05) is 12.1 Å². The Balaban J connectivity index is 1.64. The van der Waals surface area contributed by atoms with Gasteiger partial charge in [-0.15, -0.1) is 0 Å². The Morgan fingerprint density at radius 2 is 1.73 bits per heavy atom. The second kappa shape index (κ2) is 13.2. The number of nitrogens with one attached hydrogen (secondary N) is 2. The first kappa shape index (κ1) is 32.6. The number of rotatable bonds is 7. The van der Waals surface area contributed by atoms with Gasteiger partial charge in [0, 0.05) is 32.5 Å². The summed E-state index contributed by atoms with van der Waals surface area (Å²) < 4.78 is 39.8. The number of carbonyl (C=O) groups is 4. The smallest absolute Gasteiger partial charge is 0.410 e. The quantitative estimate of drug-likeness (QED) is 0.403. The van der Waals surface area contributed by atoms with Crippen LogP contribution in [0.1, 0.15) is 57.7 Å². The number of halogens is 2. The summed E-state index contributed by atoms with van der Waals surface area (Å²) in [6.45, 7) is 7.36. The van der Waals surface area contributed by atoms with E-state index >= 15 is 0 Å². The summed E-state index contributed by atoms with van der Waals surface area (Å²) in [5, 5.41) is 5.12. The minimum atomic E-state index is -1.29. The Morgan fingerprint density at radius 1 is 1.09 bits per heavy atom. The molecule has 0 bridgehead atoms. The molecule has 0 radical (unpaired) electrons. The molecule has 4 N–H and O–H groups in total. The molecule has 4 rings (SSSR count). The predicted molar refractivity (Wildman–Crippen MR) is 158 cm³/mol. The highest BCUT2D eigenvalue weighted by Gasteiger charge is 2.44. The molecule has 0 spiro atoms. The number of hydrogen-bond acceptors (Lipinski definition) is 7. The fourth-order valence-electron chi connectivity index (χ4n) is 5.30. The molecule has 0 aromatic heterocycles. The van der Waals surface area contributed by atoms with Gasteiger partial charge < -0.3 is 30.7 Å². The number of nitrogens with zero attached hydrogens (tertiary/aromatic N) is 2. The maximum Gasteiger partial charge on any atom is 0.410 e. The van der Waals surface area contributed by atoms with E-state index in [1.807, 2.05) is 0 Å². The second-order valence-electron chi connectivity index (χ2n) is 12.1. The molecule has 2 aromatic carbocycles. The van der Waals surface area contributed by atoms with E-state index in [4.69, 9.17) is 15.2 Å². The Morgan fingerprint density at radius 3 is 2.34 bits per heavy atom. The second-order valence-corrected chi connectivity index (χ2v) is 12.1. The summed E-state index contributed by atoms with van der Waals surface area (Å²) >= 11 is 0. The van der Waals surface area contributed by atoms with Gasteiger partial charge in [-0.2, -0.15) is 0 Å². The van der Waals surface area contributed by atoms with Crippen molar-refractivity contribution < 1.29 is 37.4 Å². The molecule has 44 heavy (non-hydrogen) atoms. The van der Waals surface area contributed by atoms with Crippen molar-refractivity contribution >= 4 is 35.2 Å². The zero-order valence-electron chi connectivity index (χ0n) is 25.5. The summed E-state index contributed by atoms with van der Waals surface area (Å²) in [4.78, 5) is 56.6.